The van der Waals surface area contributed by atoms with Gasteiger partial charge in [0.15, 0.2) is 0 Å². The lowest BCUT2D eigenvalue weighted by molar-refractivity contribution is -0.130. The van der Waals surface area contributed by atoms with Gasteiger partial charge in [-0.05, 0) is 54.0 Å². The second-order valence-electron chi connectivity index (χ2n) is 7.57. The molecule has 0 aliphatic carbocycles. The highest BCUT2D eigenvalue weighted by atomic mass is 32.1. The minimum atomic E-state index is -0.755. The molecule has 2 aromatic heterocycles. The van der Waals surface area contributed by atoms with Crippen LogP contribution in [-0.2, 0) is 11.2 Å². The van der Waals surface area contributed by atoms with E-state index in [1.807, 2.05) is 18.2 Å². The normalized spacial score (nSPS) is 19.1. The first kappa shape index (κ1) is 19.3. The maximum absolute atomic E-state index is 12.9. The van der Waals surface area contributed by atoms with Gasteiger partial charge in [-0.2, -0.15) is 0 Å². The molecule has 0 spiro atoms. The molecule has 0 saturated carbocycles. The molecule has 2 amide bonds. The van der Waals surface area contributed by atoms with Crippen LogP contribution in [0.2, 0.25) is 0 Å². The first-order valence-electron chi connectivity index (χ1n) is 9.69. The first-order chi connectivity index (χ1) is 14.1. The van der Waals surface area contributed by atoms with E-state index in [2.05, 4.69) is 28.6 Å². The number of carbonyl (C=O) groups excluding carboxylic acids is 2. The van der Waals surface area contributed by atoms with Crippen molar-refractivity contribution in [2.24, 2.45) is 11.1 Å². The van der Waals surface area contributed by atoms with Crippen LogP contribution in [0.25, 0.3) is 10.4 Å². The van der Waals surface area contributed by atoms with Crippen molar-refractivity contribution in [2.75, 3.05) is 13.1 Å². The molecule has 5 nitrogen and oxygen atoms in total. The molecule has 29 heavy (non-hydrogen) atoms. The third-order valence-corrected chi connectivity index (χ3v) is 6.51. The largest absolute Gasteiger partial charge is 0.369 e. The number of nitrogens with two attached hydrogens (primary N) is 1. The highest BCUT2D eigenvalue weighted by molar-refractivity contribution is 7.13. The van der Waals surface area contributed by atoms with E-state index in [9.17, 15) is 9.59 Å². The Bertz CT molecular complexity index is 1000. The van der Waals surface area contributed by atoms with Gasteiger partial charge in [0, 0.05) is 35.9 Å². The van der Waals surface area contributed by atoms with Crippen LogP contribution in [0.3, 0.4) is 0 Å². The predicted molar refractivity (Wildman–Crippen MR) is 114 cm³/mol. The molecule has 0 bridgehead atoms. The Kier molecular flexibility index (Phi) is 5.45. The van der Waals surface area contributed by atoms with Crippen molar-refractivity contribution >= 4 is 23.2 Å². The van der Waals surface area contributed by atoms with Crippen LogP contribution in [0.5, 0.6) is 0 Å². The number of nitrogens with zero attached hydrogens (tertiary/aromatic N) is 2. The van der Waals surface area contributed by atoms with E-state index < -0.39 is 5.41 Å². The molecule has 1 saturated heterocycles. The quantitative estimate of drug-likeness (QED) is 0.702. The summed E-state index contributed by atoms with van der Waals surface area (Å²) in [5.74, 6) is -0.420. The number of amides is 2. The summed E-state index contributed by atoms with van der Waals surface area (Å²) >= 11 is 1.69. The Morgan fingerprint density at radius 1 is 1.14 bits per heavy atom. The van der Waals surface area contributed by atoms with Gasteiger partial charge in [-0.15, -0.1) is 11.3 Å². The number of thiophene rings is 1. The zero-order valence-corrected chi connectivity index (χ0v) is 16.9. The van der Waals surface area contributed by atoms with E-state index in [0.29, 0.717) is 31.5 Å². The average molecular weight is 406 g/mol. The van der Waals surface area contributed by atoms with Crippen LogP contribution < -0.4 is 5.73 Å². The fourth-order valence-corrected chi connectivity index (χ4v) is 4.81. The van der Waals surface area contributed by atoms with Crippen LogP contribution in [0.4, 0.5) is 0 Å². The Balaban J connectivity index is 1.59. The molecular formula is C23H23N3O2S. The fraction of sp³-hybridized carbons (Fsp3) is 0.261. The highest BCUT2D eigenvalue weighted by Gasteiger charge is 2.42. The van der Waals surface area contributed by atoms with Gasteiger partial charge in [0.2, 0.25) is 5.91 Å². The third kappa shape index (κ3) is 4.07. The van der Waals surface area contributed by atoms with Gasteiger partial charge in [0.25, 0.3) is 5.91 Å². The van der Waals surface area contributed by atoms with Gasteiger partial charge in [-0.3, -0.25) is 14.6 Å². The molecule has 4 rings (SSSR count). The van der Waals surface area contributed by atoms with Crippen molar-refractivity contribution in [3.63, 3.8) is 0 Å². The van der Waals surface area contributed by atoms with Crippen LogP contribution in [0, 0.1) is 5.41 Å². The summed E-state index contributed by atoms with van der Waals surface area (Å²) in [4.78, 5) is 32.4. The van der Waals surface area contributed by atoms with Crippen molar-refractivity contribution in [2.45, 2.75) is 19.3 Å². The van der Waals surface area contributed by atoms with E-state index in [-0.39, 0.29) is 11.8 Å². The number of benzene rings is 1. The summed E-state index contributed by atoms with van der Waals surface area (Å²) in [5, 5.41) is 2.05. The van der Waals surface area contributed by atoms with Gasteiger partial charge in [-0.1, -0.05) is 30.3 Å². The maximum Gasteiger partial charge on any atom is 0.253 e. The molecule has 1 fully saturated rings. The van der Waals surface area contributed by atoms with Crippen molar-refractivity contribution in [3.05, 3.63) is 77.4 Å². The second kappa shape index (κ2) is 8.17. The van der Waals surface area contributed by atoms with Gasteiger partial charge in [-0.25, -0.2) is 0 Å². The summed E-state index contributed by atoms with van der Waals surface area (Å²) in [6.45, 7) is 0.970. The third-order valence-electron chi connectivity index (χ3n) is 5.59. The van der Waals surface area contributed by atoms with Crippen LogP contribution in [-0.4, -0.2) is 34.8 Å². The van der Waals surface area contributed by atoms with Crippen molar-refractivity contribution < 1.29 is 9.59 Å². The van der Waals surface area contributed by atoms with Gasteiger partial charge < -0.3 is 10.6 Å². The number of likely N-dealkylation sites (tertiary alicyclic amines) is 1. The molecule has 2 N–H and O–H groups in total. The summed E-state index contributed by atoms with van der Waals surface area (Å²) in [5.41, 5.74) is 7.93. The van der Waals surface area contributed by atoms with Gasteiger partial charge >= 0.3 is 0 Å². The Morgan fingerprint density at radius 2 is 1.97 bits per heavy atom. The highest BCUT2D eigenvalue weighted by Crippen LogP contribution is 2.35. The molecular weight excluding hydrogens is 382 g/mol. The lowest BCUT2D eigenvalue weighted by Gasteiger charge is -2.41. The predicted octanol–water partition coefficient (Wildman–Crippen LogP) is 3.76. The molecule has 148 valence electrons. The number of aromatic nitrogens is 1. The molecule has 1 aromatic carbocycles. The number of primary amides is 1. The van der Waals surface area contributed by atoms with Gasteiger partial charge in [0.05, 0.1) is 5.41 Å². The molecule has 1 aliphatic heterocycles. The molecule has 3 heterocycles. The van der Waals surface area contributed by atoms with E-state index in [4.69, 9.17) is 5.73 Å². The Morgan fingerprint density at radius 3 is 2.69 bits per heavy atom. The van der Waals surface area contributed by atoms with E-state index in [1.165, 1.54) is 4.88 Å². The minimum Gasteiger partial charge on any atom is -0.369 e. The Hall–Kier alpha value is -2.99. The molecule has 6 heteroatoms. The zero-order valence-electron chi connectivity index (χ0n) is 16.1. The van der Waals surface area contributed by atoms with Crippen LogP contribution in [0.1, 0.15) is 28.8 Å². The Labute approximate surface area is 174 Å². The van der Waals surface area contributed by atoms with Crippen LogP contribution in [0.15, 0.2) is 66.3 Å². The van der Waals surface area contributed by atoms with Crippen molar-refractivity contribution in [1.29, 1.82) is 0 Å². The summed E-state index contributed by atoms with van der Waals surface area (Å²) in [7, 11) is 0. The minimum absolute atomic E-state index is 0.0786. The number of pyridine rings is 1. The van der Waals surface area contributed by atoms with Crippen molar-refractivity contribution in [1.82, 2.24) is 9.88 Å². The number of carbonyl (C=O) groups is 2. The summed E-state index contributed by atoms with van der Waals surface area (Å²) in [6, 6.07) is 15.8. The SMILES string of the molecule is NC(=O)C1(Cc2cccc(-c3cccs3)c2)CCCN(C(=O)c2ccncc2)C1. The smallest absolute Gasteiger partial charge is 0.253 e. The summed E-state index contributed by atoms with van der Waals surface area (Å²) < 4.78 is 0. The summed E-state index contributed by atoms with van der Waals surface area (Å²) in [6.07, 6.45) is 5.18. The monoisotopic (exact) mass is 405 g/mol. The van der Waals surface area contributed by atoms with Crippen molar-refractivity contribution in [3.8, 4) is 10.4 Å². The van der Waals surface area contributed by atoms with Gasteiger partial charge in [0.1, 0.15) is 0 Å². The second-order valence-corrected chi connectivity index (χ2v) is 8.51. The lowest BCUT2D eigenvalue weighted by Crippen LogP contribution is -2.53. The van der Waals surface area contributed by atoms with E-state index >= 15 is 0 Å². The van der Waals surface area contributed by atoms with E-state index in [0.717, 1.165) is 17.5 Å². The fourth-order valence-electron chi connectivity index (χ4n) is 4.08. The molecule has 1 unspecified atom stereocenters. The molecule has 0 radical (unpaired) electrons. The number of piperidine rings is 1. The molecule has 3 aromatic rings. The number of hydrogen-bond acceptors (Lipinski definition) is 4. The lowest BCUT2D eigenvalue weighted by atomic mass is 9.74. The zero-order chi connectivity index (χ0) is 20.3. The standard InChI is InChI=1S/C23H23N3O2S/c24-22(28)23(15-17-4-1-5-19(14-17)20-6-2-13-29-20)9-3-12-26(16-23)21(27)18-7-10-25-11-8-18/h1-2,4-8,10-11,13-14H,3,9,12,15-16H2,(H2,24,28). The van der Waals surface area contributed by atoms with Crippen LogP contribution >= 0.6 is 11.3 Å². The number of hydrogen-bond donors (Lipinski definition) is 1. The molecule has 1 aliphatic rings. The molecule has 1 atom stereocenters. The first-order valence-corrected chi connectivity index (χ1v) is 10.6. The number of rotatable bonds is 5. The van der Waals surface area contributed by atoms with E-state index in [1.54, 1.807) is 40.8 Å². The topological polar surface area (TPSA) is 76.3 Å². The average Bonchev–Trinajstić information content (AvgIpc) is 3.29. The maximum atomic E-state index is 12.9.